The molecule has 2 saturated heterocycles. The maximum atomic E-state index is 13.7. The topological polar surface area (TPSA) is 193 Å². The van der Waals surface area contributed by atoms with Gasteiger partial charge in [0.05, 0.1) is 54.8 Å². The maximum Gasteiger partial charge on any atom is 0.407 e. The van der Waals surface area contributed by atoms with Crippen molar-refractivity contribution in [3.05, 3.63) is 64.9 Å². The molecule has 5 atom stereocenters. The summed E-state index contributed by atoms with van der Waals surface area (Å²) in [5.74, 6) is 7.98. The molecule has 3 aliphatic rings. The van der Waals surface area contributed by atoms with E-state index in [1.54, 1.807) is 16.7 Å². The molecule has 0 spiro atoms. The van der Waals surface area contributed by atoms with Crippen LogP contribution in [0.1, 0.15) is 87.0 Å². The fourth-order valence-electron chi connectivity index (χ4n) is 7.78. The van der Waals surface area contributed by atoms with E-state index in [9.17, 15) is 19.2 Å². The monoisotopic (exact) mass is 780 g/mol. The van der Waals surface area contributed by atoms with E-state index in [2.05, 4.69) is 32.4 Å². The van der Waals surface area contributed by atoms with Gasteiger partial charge in [-0.3, -0.25) is 9.59 Å². The number of amides is 4. The number of likely N-dealkylation sites (tertiary alicyclic amines) is 2. The Hall–Kier alpha value is -6.08. The molecule has 57 heavy (non-hydrogen) atoms. The van der Waals surface area contributed by atoms with Gasteiger partial charge in [-0.05, 0) is 74.9 Å². The second-order valence-electron chi connectivity index (χ2n) is 14.8. The lowest BCUT2D eigenvalue weighted by atomic mass is 10.0. The van der Waals surface area contributed by atoms with Crippen LogP contribution in [0.4, 0.5) is 9.59 Å². The highest BCUT2D eigenvalue weighted by Crippen LogP contribution is 2.40. The molecule has 7 rings (SSSR count). The van der Waals surface area contributed by atoms with Crippen LogP contribution in [0.3, 0.4) is 0 Å². The molecule has 300 valence electrons. The molecule has 0 bridgehead atoms. The van der Waals surface area contributed by atoms with Crippen LogP contribution in [0.2, 0.25) is 0 Å². The predicted molar refractivity (Wildman–Crippen MR) is 208 cm³/mol. The van der Waals surface area contributed by atoms with Crippen LogP contribution in [0.25, 0.3) is 22.3 Å². The second-order valence-corrected chi connectivity index (χ2v) is 14.8. The van der Waals surface area contributed by atoms with Crippen molar-refractivity contribution in [2.75, 3.05) is 34.4 Å². The van der Waals surface area contributed by atoms with Gasteiger partial charge in [-0.1, -0.05) is 25.7 Å². The van der Waals surface area contributed by atoms with Crippen molar-refractivity contribution in [3.8, 4) is 28.8 Å². The first kappa shape index (κ1) is 39.2. The summed E-state index contributed by atoms with van der Waals surface area (Å²) in [5.41, 5.74) is 5.55. The molecular formula is C41H48N8O8. The number of H-pyrrole nitrogens is 2. The van der Waals surface area contributed by atoms with Crippen LogP contribution in [-0.2, 0) is 30.4 Å². The van der Waals surface area contributed by atoms with Crippen molar-refractivity contribution in [2.45, 2.75) is 83.3 Å². The largest absolute Gasteiger partial charge is 0.487 e. The number of benzene rings is 2. The summed E-state index contributed by atoms with van der Waals surface area (Å²) in [6.07, 6.45) is 1.17. The van der Waals surface area contributed by atoms with Gasteiger partial charge in [0, 0.05) is 36.9 Å². The maximum absolute atomic E-state index is 13.7. The number of rotatable bonds is 9. The first-order chi connectivity index (χ1) is 27.5. The SMILES string of the molecule is COC(=O)N[C@H](C(=O)N1CCCC1c1nc2ccc(C#Cc3ccc4c(c3)OCc3[nH]c(C5CCCN5C(=O)[C@@H](NC(=O)OC)[C@@H](C)OC)nc3-4)cc2[nH]1)C(C)C. The van der Waals surface area contributed by atoms with E-state index in [-0.39, 0.29) is 36.4 Å². The molecule has 0 saturated carbocycles. The molecule has 0 radical (unpaired) electrons. The molecule has 0 aliphatic carbocycles. The van der Waals surface area contributed by atoms with Gasteiger partial charge in [-0.25, -0.2) is 19.6 Å². The number of hydrogen-bond acceptors (Lipinski definition) is 10. The van der Waals surface area contributed by atoms with Crippen LogP contribution in [0, 0.1) is 17.8 Å². The van der Waals surface area contributed by atoms with Crippen LogP contribution in [-0.4, -0.2) is 106 Å². The summed E-state index contributed by atoms with van der Waals surface area (Å²) in [4.78, 5) is 71.5. The Labute approximate surface area is 330 Å². The third kappa shape index (κ3) is 7.97. The first-order valence-electron chi connectivity index (χ1n) is 19.2. The molecule has 16 heteroatoms. The number of ether oxygens (including phenoxy) is 4. The highest BCUT2D eigenvalue weighted by molar-refractivity contribution is 5.87. The number of alkyl carbamates (subject to hydrolysis) is 2. The van der Waals surface area contributed by atoms with Crippen LogP contribution < -0.4 is 15.4 Å². The van der Waals surface area contributed by atoms with E-state index in [0.29, 0.717) is 36.9 Å². The molecule has 4 aromatic rings. The Bertz CT molecular complexity index is 2240. The van der Waals surface area contributed by atoms with Gasteiger partial charge in [0.15, 0.2) is 0 Å². The Balaban J connectivity index is 1.06. The van der Waals surface area contributed by atoms with Crippen molar-refractivity contribution in [3.63, 3.8) is 0 Å². The summed E-state index contributed by atoms with van der Waals surface area (Å²) >= 11 is 0. The quantitative estimate of drug-likeness (QED) is 0.173. The number of nitrogens with zero attached hydrogens (tertiary/aromatic N) is 4. The lowest BCUT2D eigenvalue weighted by Crippen LogP contribution is -2.54. The van der Waals surface area contributed by atoms with Gasteiger partial charge in [0.2, 0.25) is 11.8 Å². The van der Waals surface area contributed by atoms with E-state index >= 15 is 0 Å². The first-order valence-corrected chi connectivity index (χ1v) is 19.2. The molecular weight excluding hydrogens is 732 g/mol. The van der Waals surface area contributed by atoms with Gasteiger partial charge in [-0.2, -0.15) is 0 Å². The van der Waals surface area contributed by atoms with Crippen molar-refractivity contribution in [2.24, 2.45) is 5.92 Å². The lowest BCUT2D eigenvalue weighted by Gasteiger charge is -2.30. The number of methoxy groups -OCH3 is 3. The minimum Gasteiger partial charge on any atom is -0.487 e. The molecule has 16 nitrogen and oxygen atoms in total. The summed E-state index contributed by atoms with van der Waals surface area (Å²) < 4.78 is 21.1. The number of fused-ring (bicyclic) bond motifs is 4. The molecule has 2 aromatic heterocycles. The molecule has 4 amide bonds. The fraction of sp³-hybridized carbons (Fsp3) is 0.463. The summed E-state index contributed by atoms with van der Waals surface area (Å²) in [6, 6.07) is 9.37. The zero-order valence-corrected chi connectivity index (χ0v) is 32.9. The van der Waals surface area contributed by atoms with Crippen molar-refractivity contribution < 1.29 is 38.1 Å². The molecule has 2 fully saturated rings. The van der Waals surface area contributed by atoms with Gasteiger partial charge in [0.25, 0.3) is 0 Å². The summed E-state index contributed by atoms with van der Waals surface area (Å²) in [7, 11) is 4.03. The summed E-state index contributed by atoms with van der Waals surface area (Å²) in [5, 5.41) is 5.31. The third-order valence-corrected chi connectivity index (χ3v) is 10.9. The van der Waals surface area contributed by atoms with Crippen LogP contribution >= 0.6 is 0 Å². The minimum absolute atomic E-state index is 0.122. The van der Waals surface area contributed by atoms with Crippen molar-refractivity contribution in [1.82, 2.24) is 40.4 Å². The standard InChI is InChI=1S/C41H48N8O8/c1-22(2)33(46-40(52)55-5)38(50)48-17-7-9-30(48)36-42-27-16-14-24(19-28(27)43-36)11-12-25-13-15-26-32(20-25)57-21-29-35(26)45-37(44-29)31-10-8-18-49(31)39(51)34(23(3)54-4)47-41(53)56-6/h13-16,19-20,22-23,30-31,33-34H,7-10,17-18,21H2,1-6H3,(H,42,43)(H,44,45)(H,46,52)(H,47,53)/t23-,30?,31?,33+,34+/m1/s1. The molecule has 5 heterocycles. The zero-order valence-electron chi connectivity index (χ0n) is 32.9. The van der Waals surface area contributed by atoms with E-state index in [1.807, 2.05) is 50.2 Å². The van der Waals surface area contributed by atoms with Gasteiger partial charge < -0.3 is 49.3 Å². The smallest absolute Gasteiger partial charge is 0.407 e. The van der Waals surface area contributed by atoms with Crippen LogP contribution in [0.5, 0.6) is 5.75 Å². The second kappa shape index (κ2) is 16.6. The van der Waals surface area contributed by atoms with Gasteiger partial charge in [0.1, 0.15) is 36.1 Å². The lowest BCUT2D eigenvalue weighted by molar-refractivity contribution is -0.137. The van der Waals surface area contributed by atoms with E-state index < -0.39 is 30.4 Å². The number of hydrogen-bond donors (Lipinski definition) is 4. The third-order valence-electron chi connectivity index (χ3n) is 10.9. The number of imidazole rings is 2. The summed E-state index contributed by atoms with van der Waals surface area (Å²) in [6.45, 7) is 6.88. The highest BCUT2D eigenvalue weighted by atomic mass is 16.5. The normalized spacial score (nSPS) is 18.8. The Morgan fingerprint density at radius 1 is 0.807 bits per heavy atom. The average molecular weight is 781 g/mol. The molecule has 3 aliphatic heterocycles. The van der Waals surface area contributed by atoms with Gasteiger partial charge in [-0.15, -0.1) is 0 Å². The van der Waals surface area contributed by atoms with Crippen molar-refractivity contribution in [1.29, 1.82) is 0 Å². The zero-order chi connectivity index (χ0) is 40.4. The van der Waals surface area contributed by atoms with Gasteiger partial charge >= 0.3 is 12.2 Å². The van der Waals surface area contributed by atoms with Crippen molar-refractivity contribution >= 4 is 35.0 Å². The molecule has 2 unspecified atom stereocenters. The molecule has 4 N–H and O–H groups in total. The van der Waals surface area contributed by atoms with Crippen LogP contribution in [0.15, 0.2) is 36.4 Å². The Kier molecular flexibility index (Phi) is 11.4. The average Bonchev–Trinajstić information content (AvgIpc) is 4.05. The highest BCUT2D eigenvalue weighted by Gasteiger charge is 2.40. The number of aromatic nitrogens is 4. The Morgan fingerprint density at radius 3 is 2.04 bits per heavy atom. The minimum atomic E-state index is -0.919. The predicted octanol–water partition coefficient (Wildman–Crippen LogP) is 4.71. The van der Waals surface area contributed by atoms with E-state index in [0.717, 1.165) is 58.4 Å². The van der Waals surface area contributed by atoms with E-state index in [4.69, 9.17) is 28.9 Å². The Morgan fingerprint density at radius 2 is 1.40 bits per heavy atom. The number of aromatic amines is 2. The fourth-order valence-corrected chi connectivity index (χ4v) is 7.78. The van der Waals surface area contributed by atoms with E-state index in [1.165, 1.54) is 21.3 Å². The molecule has 2 aromatic carbocycles. The number of carbonyl (C=O) groups is 4. The number of nitrogens with one attached hydrogen (secondary N) is 4. The number of carbonyl (C=O) groups excluding carboxylic acids is 4.